The van der Waals surface area contributed by atoms with E-state index in [0.29, 0.717) is 25.7 Å². The summed E-state index contributed by atoms with van der Waals surface area (Å²) in [6.45, 7) is 58.0. The van der Waals surface area contributed by atoms with Crippen LogP contribution in [0.2, 0.25) is 0 Å². The topological polar surface area (TPSA) is 458 Å². The van der Waals surface area contributed by atoms with Gasteiger partial charge >= 0.3 is 24.2 Å². The number of aryl methyl sites for hydroxylation is 4. The Balaban J connectivity index is 0.00000100. The first-order chi connectivity index (χ1) is 70.7. The van der Waals surface area contributed by atoms with E-state index in [1.807, 2.05) is 280 Å². The van der Waals surface area contributed by atoms with Crippen LogP contribution in [0.15, 0.2) is 293 Å². The number of nitrogens with two attached hydrogens (primary N) is 4. The Morgan fingerprint density at radius 1 is 0.300 bits per heavy atom. The van der Waals surface area contributed by atoms with Gasteiger partial charge in [0.05, 0.1) is 48.8 Å². The van der Waals surface area contributed by atoms with Gasteiger partial charge in [-0.25, -0.2) is 19.2 Å². The van der Waals surface area contributed by atoms with E-state index in [1.165, 1.54) is 0 Å². The smallest absolute Gasteiger partial charge is 0.404 e. The zero-order chi connectivity index (χ0) is 114. The van der Waals surface area contributed by atoms with Crippen LogP contribution in [-0.2, 0) is 35.2 Å². The first-order valence-electron chi connectivity index (χ1n) is 53.8. The molecule has 0 radical (unpaired) electrons. The Morgan fingerprint density at radius 3 is 0.767 bits per heavy atom. The van der Waals surface area contributed by atoms with Gasteiger partial charge in [0.15, 0.2) is 0 Å². The minimum Gasteiger partial charge on any atom is -0.508 e. The van der Waals surface area contributed by atoms with Crippen molar-refractivity contribution in [3.8, 4) is 23.0 Å². The highest BCUT2D eigenvalue weighted by molar-refractivity contribution is 5.72. The quantitative estimate of drug-likeness (QED) is 0.0144. The van der Waals surface area contributed by atoms with Gasteiger partial charge in [0.25, 0.3) is 0 Å². The molecule has 0 aromatic heterocycles. The summed E-state index contributed by atoms with van der Waals surface area (Å²) in [6, 6.07) is 27.2. The monoisotopic (exact) mass is 2080 g/mol. The molecule has 0 unspecified atom stereocenters. The molecule has 24 heteroatoms. The third-order valence-electron chi connectivity index (χ3n) is 28.5. The van der Waals surface area contributed by atoms with E-state index < -0.39 is 85.3 Å². The number of benzene rings is 4. The first kappa shape index (κ1) is 137. The highest BCUT2D eigenvalue weighted by Crippen LogP contribution is 2.35. The molecular formula is C126H194N6O18. The highest BCUT2D eigenvalue weighted by atomic mass is 16.6. The molecule has 22 N–H and O–H groups in total. The molecule has 24 nitrogen and oxygen atoms in total. The lowest BCUT2D eigenvalue weighted by atomic mass is 9.80. The van der Waals surface area contributed by atoms with Gasteiger partial charge in [0.2, 0.25) is 0 Å². The van der Waals surface area contributed by atoms with Crippen LogP contribution in [0.5, 0.6) is 23.0 Å². The van der Waals surface area contributed by atoms with Gasteiger partial charge in [-0.15, -0.1) is 0 Å². The molecule has 836 valence electrons. The van der Waals surface area contributed by atoms with Gasteiger partial charge in [0, 0.05) is 94.9 Å². The van der Waals surface area contributed by atoms with Gasteiger partial charge < -0.3 is 104 Å². The molecule has 6 amide bonds. The minimum absolute atomic E-state index is 0.00222. The largest absolute Gasteiger partial charge is 0.508 e. The Bertz CT molecular complexity index is 4630. The number of phenols is 4. The van der Waals surface area contributed by atoms with E-state index in [9.17, 15) is 80.5 Å². The normalized spacial score (nSPS) is 18.8. The predicted octanol–water partition coefficient (Wildman–Crippen LogP) is 23.7. The number of nitrogens with one attached hydrogen (secondary N) is 2. The van der Waals surface area contributed by atoms with E-state index in [1.54, 1.807) is 85.0 Å². The van der Waals surface area contributed by atoms with Crippen molar-refractivity contribution in [3.63, 3.8) is 0 Å². The van der Waals surface area contributed by atoms with Crippen LogP contribution in [0.3, 0.4) is 0 Å². The zero-order valence-corrected chi connectivity index (χ0v) is 94.2. The van der Waals surface area contributed by atoms with E-state index in [0.717, 1.165) is 84.8 Å². The lowest BCUT2D eigenvalue weighted by Gasteiger charge is -2.34. The Hall–Kier alpha value is -11.3. The van der Waals surface area contributed by atoms with Crippen LogP contribution in [0.4, 0.5) is 19.2 Å². The number of hydrogen-bond donors (Lipinski definition) is 18. The SMILES string of the molecule is C=C/C=C\[C@H](C)[C@H](NC(N)=O)[C@@H](C)[C@H](O)[C@@H](C)C/C(C)=C\[C@H](C)[C@@H](O)[C@@H](C)/C=C\CCc1cccc(O)c1.C=C/C=C\[C@H](C)[C@H](NC(N)=O)[C@@H](C)[C@H](O)[C@@H](C)C/C=C\[C@H](C)[C@@H](O)[C@@H](C)/C=C\CCc1cccc(O)c1.C=C/C=C\[C@H](C)[C@H](OC(N)=O)[C@@H](C)[C@H](O)[C@@H](C)C/C(C)=C\[C@H](C)[C@@H](O)[C@@H](C)/C=C\CCc1cccc(O)c1.C=C/C=C\[C@H](C)[C@H](OC(N)=O)[C@@H](C)[C@H](O)[C@@H](C)C/C=C\[C@H](C)[C@@H](O)[C@@H](C)/C=C\CCc1cccc(O)c1. The Kier molecular flexibility index (Phi) is 68.7. The molecule has 0 bridgehead atoms. The molecule has 4 rings (SSSR count). The number of carbonyl (C=O) groups excluding carboxylic acids is 4. The fraction of sp³-hybridized carbons (Fsp3) is 0.524. The maximum atomic E-state index is 11.6. The second-order valence-corrected chi connectivity index (χ2v) is 42.2. The third kappa shape index (κ3) is 55.6. The summed E-state index contributed by atoms with van der Waals surface area (Å²) in [4.78, 5) is 46.1. The van der Waals surface area contributed by atoms with Crippen molar-refractivity contribution in [3.05, 3.63) is 315 Å². The second-order valence-electron chi connectivity index (χ2n) is 42.2. The number of aliphatic hydroxyl groups excluding tert-OH is 8. The zero-order valence-electron chi connectivity index (χ0n) is 94.2. The van der Waals surface area contributed by atoms with Crippen molar-refractivity contribution in [1.82, 2.24) is 10.6 Å². The van der Waals surface area contributed by atoms with Gasteiger partial charge in [-0.2, -0.15) is 0 Å². The third-order valence-corrected chi connectivity index (χ3v) is 28.5. The molecule has 0 aliphatic heterocycles. The summed E-state index contributed by atoms with van der Waals surface area (Å²) in [5.74, 6) is -0.814. The maximum Gasteiger partial charge on any atom is 0.404 e. The summed E-state index contributed by atoms with van der Waals surface area (Å²) in [5.41, 5.74) is 27.9. The van der Waals surface area contributed by atoms with Crippen molar-refractivity contribution < 1.29 is 89.9 Å². The molecule has 0 fully saturated rings. The lowest BCUT2D eigenvalue weighted by Crippen LogP contribution is -2.50. The van der Waals surface area contributed by atoms with Crippen molar-refractivity contribution in [1.29, 1.82) is 0 Å². The molecule has 150 heavy (non-hydrogen) atoms. The molecule has 32 atom stereocenters. The number of primary amides is 4. The van der Waals surface area contributed by atoms with Crippen LogP contribution in [0.25, 0.3) is 0 Å². The van der Waals surface area contributed by atoms with Gasteiger partial charge in [0.1, 0.15) is 35.2 Å². The summed E-state index contributed by atoms with van der Waals surface area (Å²) in [6.07, 6.45) is 51.8. The molecule has 0 saturated heterocycles. The summed E-state index contributed by atoms with van der Waals surface area (Å²) in [7, 11) is 0. The summed E-state index contributed by atoms with van der Waals surface area (Å²) >= 11 is 0. The first-order valence-corrected chi connectivity index (χ1v) is 53.8. The fourth-order valence-corrected chi connectivity index (χ4v) is 19.3. The highest BCUT2D eigenvalue weighted by Gasteiger charge is 2.38. The van der Waals surface area contributed by atoms with Crippen LogP contribution in [-0.4, -0.2) is 159 Å². The molecule has 0 saturated carbocycles. The number of carbonyl (C=O) groups is 4. The number of ether oxygens (including phenoxy) is 2. The van der Waals surface area contributed by atoms with Crippen LogP contribution in [0, 0.1) is 118 Å². The van der Waals surface area contributed by atoms with Crippen LogP contribution >= 0.6 is 0 Å². The number of aliphatic hydroxyl groups is 8. The number of hydrogen-bond acceptors (Lipinski definition) is 18. The molecule has 0 spiro atoms. The summed E-state index contributed by atoms with van der Waals surface area (Å²) in [5, 5.41) is 131. The molecule has 4 aromatic rings. The van der Waals surface area contributed by atoms with Gasteiger partial charge in [-0.1, -0.05) is 382 Å². The molecule has 4 aromatic carbocycles. The average Bonchev–Trinajstić information content (AvgIpc) is 0.847. The van der Waals surface area contributed by atoms with Crippen LogP contribution < -0.4 is 33.6 Å². The molecule has 0 aliphatic rings. The number of aromatic hydroxyl groups is 4. The molecular weight excluding hydrogens is 1890 g/mol. The van der Waals surface area contributed by atoms with E-state index in [2.05, 4.69) is 79.5 Å². The van der Waals surface area contributed by atoms with Crippen molar-refractivity contribution >= 4 is 24.2 Å². The molecule has 0 heterocycles. The van der Waals surface area contributed by atoms with Crippen molar-refractivity contribution in [2.75, 3.05) is 0 Å². The van der Waals surface area contributed by atoms with Crippen LogP contribution in [0.1, 0.15) is 226 Å². The lowest BCUT2D eigenvalue weighted by molar-refractivity contribution is -0.0268. The van der Waals surface area contributed by atoms with Gasteiger partial charge in [-0.05, 0) is 197 Å². The van der Waals surface area contributed by atoms with Gasteiger partial charge in [-0.3, -0.25) is 0 Å². The minimum atomic E-state index is -0.860. The number of urea groups is 2. The number of amides is 6. The standard InChI is InChI=1S/C32H50N2O4.C32H49NO5.C31H48N2O4.C31H47NO5/c1-8-9-13-22(3)29(34-32(33)38)26(7)31(37)25(6)19-21(2)18-24(5)30(36)23(4)14-10-11-15-27-16-12-17-28(35)20-27;1-8-9-13-23(4)31(38-32(33)37)26(7)30(36)25(6)19-21(2)18-24(5)29(35)22(3)14-10-11-15-27-16-12-17-28(34)20-27;1-7-8-13-21(2)28(33-31(32)37)25(6)30(36)24(5)16-11-15-23(4)29(35)22(3)14-9-10-17-26-18-12-19-27(34)20-26;1-7-8-13-24(5)30(37-31(32)36)25(6)29(35)23(4)16-11-15-22(3)28(34)21(2)14-9-10-17-26-18-12-19-27(33)20-26/h8-10,12-14,16-18,20,22-26,29-31,35-37H,1,11,15,19H2,2-7H3,(H3,33,34,38);8-10,12-14,16-18,20,22-26,29-31,34-36H,1,11,15,19H2,2-7H3,(H2,33,37);7-9,11-15,18-25,28-30,34-36H,1,10,16-17H2,2-6H3,(H3,32,33,37);7-9,11-15,18-25,28-30,33-35H,1,10,16-17H2,2-6H3,(H2,32,36)/b2*13-9-,14-10-,21-18-;2*13-8-,14-9-,15-11-/t22-,23-,24-,25-,26+,29-,30-,31+;22-,23-,24-,25-,26-,29-,30+,31-;21-,22-,23-,24-,25+,28-,29-,30+;21-,22-,23-,24-,25-,28-,29+,30-/m0000/s1. The fourth-order valence-electron chi connectivity index (χ4n) is 19.3. The number of phenolic OH excluding ortho intramolecular Hbond substituents is 4. The Morgan fingerprint density at radius 2 is 0.527 bits per heavy atom. The van der Waals surface area contributed by atoms with E-state index in [4.69, 9.17) is 32.4 Å². The number of rotatable bonds is 64. The second kappa shape index (κ2) is 75.4. The maximum absolute atomic E-state index is 11.6. The number of allylic oxidation sites excluding steroid dienone is 16. The Labute approximate surface area is 901 Å². The van der Waals surface area contributed by atoms with E-state index in [-0.39, 0.29) is 153 Å². The van der Waals surface area contributed by atoms with Crippen molar-refractivity contribution in [2.24, 2.45) is 141 Å². The van der Waals surface area contributed by atoms with E-state index >= 15 is 0 Å². The summed E-state index contributed by atoms with van der Waals surface area (Å²) < 4.78 is 10.7. The van der Waals surface area contributed by atoms with Crippen molar-refractivity contribution in [2.45, 2.75) is 302 Å². The average molecular weight is 2080 g/mol. The molecule has 0 aliphatic carbocycles. The predicted molar refractivity (Wildman–Crippen MR) is 617 cm³/mol.